The number of carbonyl (C=O) groups excluding carboxylic acids is 3. The minimum Gasteiger partial charge on any atom is -0.480 e. The van der Waals surface area contributed by atoms with Gasteiger partial charge in [-0.3, -0.25) is 14.4 Å². The Labute approximate surface area is 102 Å². The summed E-state index contributed by atoms with van der Waals surface area (Å²) in [6.07, 6.45) is 0.0449. The second-order valence-electron chi connectivity index (χ2n) is 4.33. The van der Waals surface area contributed by atoms with Crippen LogP contribution in [0, 0.1) is 5.92 Å². The molecular formula is C10H13N3O5. The maximum absolute atomic E-state index is 12.1. The van der Waals surface area contributed by atoms with Gasteiger partial charge in [-0.15, -0.1) is 0 Å². The SMILES string of the molecule is O=C1CC(C(=O)N2CC(=O)NCC2C(=O)O)CN1. The van der Waals surface area contributed by atoms with Crippen molar-refractivity contribution < 1.29 is 24.3 Å². The molecule has 0 bridgehead atoms. The van der Waals surface area contributed by atoms with Crippen LogP contribution in [0.2, 0.25) is 0 Å². The highest BCUT2D eigenvalue weighted by molar-refractivity contribution is 5.95. The Balaban J connectivity index is 2.12. The summed E-state index contributed by atoms with van der Waals surface area (Å²) in [5, 5.41) is 13.9. The summed E-state index contributed by atoms with van der Waals surface area (Å²) in [7, 11) is 0. The van der Waals surface area contributed by atoms with Crippen LogP contribution in [0.15, 0.2) is 0 Å². The van der Waals surface area contributed by atoms with E-state index in [2.05, 4.69) is 10.6 Å². The summed E-state index contributed by atoms with van der Waals surface area (Å²) in [5.41, 5.74) is 0. The second kappa shape index (κ2) is 4.63. The van der Waals surface area contributed by atoms with Crippen LogP contribution in [0.5, 0.6) is 0 Å². The van der Waals surface area contributed by atoms with Crippen molar-refractivity contribution >= 4 is 23.7 Å². The molecule has 2 heterocycles. The van der Waals surface area contributed by atoms with E-state index < -0.39 is 29.7 Å². The Morgan fingerprint density at radius 1 is 1.17 bits per heavy atom. The first kappa shape index (κ1) is 12.3. The molecule has 8 nitrogen and oxygen atoms in total. The average Bonchev–Trinajstić information content (AvgIpc) is 2.74. The van der Waals surface area contributed by atoms with Gasteiger partial charge < -0.3 is 20.6 Å². The molecule has 3 amide bonds. The average molecular weight is 255 g/mol. The number of amides is 3. The number of rotatable bonds is 2. The van der Waals surface area contributed by atoms with Gasteiger partial charge in [0.1, 0.15) is 12.6 Å². The highest BCUT2D eigenvalue weighted by atomic mass is 16.4. The van der Waals surface area contributed by atoms with Gasteiger partial charge in [-0.2, -0.15) is 0 Å². The third kappa shape index (κ3) is 2.27. The molecule has 2 unspecified atom stereocenters. The lowest BCUT2D eigenvalue weighted by atomic mass is 10.0. The first-order valence-electron chi connectivity index (χ1n) is 5.55. The van der Waals surface area contributed by atoms with Gasteiger partial charge >= 0.3 is 5.97 Å². The highest BCUT2D eigenvalue weighted by Crippen LogP contribution is 2.16. The second-order valence-corrected chi connectivity index (χ2v) is 4.33. The van der Waals surface area contributed by atoms with Gasteiger partial charge in [0, 0.05) is 19.5 Å². The molecule has 0 radical (unpaired) electrons. The predicted molar refractivity (Wildman–Crippen MR) is 57.3 cm³/mol. The lowest BCUT2D eigenvalue weighted by molar-refractivity contribution is -0.155. The van der Waals surface area contributed by atoms with Crippen LogP contribution in [-0.2, 0) is 19.2 Å². The van der Waals surface area contributed by atoms with Crippen molar-refractivity contribution in [1.29, 1.82) is 0 Å². The number of hydrogen-bond acceptors (Lipinski definition) is 4. The molecule has 98 valence electrons. The van der Waals surface area contributed by atoms with Crippen molar-refractivity contribution in [3.8, 4) is 0 Å². The summed E-state index contributed by atoms with van der Waals surface area (Å²) in [5.74, 6) is -2.83. The van der Waals surface area contributed by atoms with Crippen molar-refractivity contribution in [2.24, 2.45) is 5.92 Å². The number of nitrogens with zero attached hydrogens (tertiary/aromatic N) is 1. The maximum Gasteiger partial charge on any atom is 0.328 e. The van der Waals surface area contributed by atoms with Gasteiger partial charge in [-0.25, -0.2) is 4.79 Å². The summed E-state index contributed by atoms with van der Waals surface area (Å²) in [6, 6.07) is -1.06. The third-order valence-electron chi connectivity index (χ3n) is 3.08. The molecule has 0 aromatic heterocycles. The summed E-state index contributed by atoms with van der Waals surface area (Å²) < 4.78 is 0. The molecule has 2 fully saturated rings. The molecule has 0 aromatic rings. The maximum atomic E-state index is 12.1. The van der Waals surface area contributed by atoms with E-state index in [1.165, 1.54) is 0 Å². The van der Waals surface area contributed by atoms with Gasteiger partial charge in [-0.1, -0.05) is 0 Å². The first-order valence-corrected chi connectivity index (χ1v) is 5.55. The normalized spacial score (nSPS) is 27.7. The number of carbonyl (C=O) groups is 4. The van der Waals surface area contributed by atoms with E-state index in [0.29, 0.717) is 0 Å². The fourth-order valence-corrected chi connectivity index (χ4v) is 2.11. The van der Waals surface area contributed by atoms with Gasteiger partial charge in [0.05, 0.1) is 5.92 Å². The number of carboxylic acids is 1. The largest absolute Gasteiger partial charge is 0.480 e. The lowest BCUT2D eigenvalue weighted by Gasteiger charge is -2.34. The molecule has 2 saturated heterocycles. The third-order valence-corrected chi connectivity index (χ3v) is 3.08. The summed E-state index contributed by atoms with van der Waals surface area (Å²) >= 11 is 0. The van der Waals surface area contributed by atoms with Gasteiger partial charge in [0.25, 0.3) is 0 Å². The Hall–Kier alpha value is -2.12. The minimum atomic E-state index is -1.17. The molecule has 0 aliphatic carbocycles. The zero-order valence-corrected chi connectivity index (χ0v) is 9.51. The van der Waals surface area contributed by atoms with Crippen molar-refractivity contribution in [1.82, 2.24) is 15.5 Å². The Morgan fingerprint density at radius 3 is 2.39 bits per heavy atom. The number of carboxylic acid groups (broad SMARTS) is 1. The van der Waals surface area contributed by atoms with E-state index in [4.69, 9.17) is 5.11 Å². The van der Waals surface area contributed by atoms with E-state index >= 15 is 0 Å². The van der Waals surface area contributed by atoms with E-state index in [0.717, 1.165) is 4.90 Å². The Bertz CT molecular complexity index is 422. The minimum absolute atomic E-state index is 0.0449. The predicted octanol–water partition coefficient (Wildman–Crippen LogP) is -2.47. The van der Waals surface area contributed by atoms with Crippen molar-refractivity contribution in [3.05, 3.63) is 0 Å². The first-order chi connectivity index (χ1) is 8.49. The number of hydrogen-bond donors (Lipinski definition) is 3. The van der Waals surface area contributed by atoms with E-state index in [9.17, 15) is 19.2 Å². The molecule has 3 N–H and O–H groups in total. The fraction of sp³-hybridized carbons (Fsp3) is 0.600. The van der Waals surface area contributed by atoms with Crippen LogP contribution in [0.4, 0.5) is 0 Å². The Kier molecular flexibility index (Phi) is 3.17. The zero-order chi connectivity index (χ0) is 13.3. The van der Waals surface area contributed by atoms with Gasteiger partial charge in [0.2, 0.25) is 17.7 Å². The molecule has 2 aliphatic heterocycles. The molecular weight excluding hydrogens is 242 g/mol. The number of piperazine rings is 1. The van der Waals surface area contributed by atoms with Gasteiger partial charge in [-0.05, 0) is 0 Å². The molecule has 0 saturated carbocycles. The standard InChI is InChI=1S/C10H13N3O5/c14-7-1-5(2-11-7)9(16)13-4-8(15)12-3-6(13)10(17)18/h5-6H,1-4H2,(H,11,14)(H,12,15)(H,17,18). The molecule has 2 rings (SSSR count). The molecule has 0 spiro atoms. The topological polar surface area (TPSA) is 116 Å². The molecule has 2 aliphatic rings. The van der Waals surface area contributed by atoms with E-state index in [1.807, 2.05) is 0 Å². The molecule has 2 atom stereocenters. The van der Waals surface area contributed by atoms with Crippen molar-refractivity contribution in [2.45, 2.75) is 12.5 Å². The van der Waals surface area contributed by atoms with E-state index in [1.54, 1.807) is 0 Å². The number of nitrogens with one attached hydrogen (secondary N) is 2. The van der Waals surface area contributed by atoms with Crippen LogP contribution in [0.3, 0.4) is 0 Å². The van der Waals surface area contributed by atoms with Crippen LogP contribution in [0.1, 0.15) is 6.42 Å². The van der Waals surface area contributed by atoms with Gasteiger partial charge in [0.15, 0.2) is 0 Å². The Morgan fingerprint density at radius 2 is 1.83 bits per heavy atom. The van der Waals surface area contributed by atoms with Crippen molar-refractivity contribution in [2.75, 3.05) is 19.6 Å². The van der Waals surface area contributed by atoms with Crippen LogP contribution >= 0.6 is 0 Å². The van der Waals surface area contributed by atoms with E-state index in [-0.39, 0.29) is 32.0 Å². The van der Waals surface area contributed by atoms with Crippen LogP contribution in [-0.4, -0.2) is 59.4 Å². The summed E-state index contributed by atoms with van der Waals surface area (Å²) in [6.45, 7) is -0.184. The van der Waals surface area contributed by atoms with Crippen molar-refractivity contribution in [3.63, 3.8) is 0 Å². The molecule has 8 heteroatoms. The monoisotopic (exact) mass is 255 g/mol. The number of aliphatic carboxylic acids is 1. The molecule has 0 aromatic carbocycles. The lowest BCUT2D eigenvalue weighted by Crippen LogP contribution is -2.60. The summed E-state index contributed by atoms with van der Waals surface area (Å²) in [4.78, 5) is 46.4. The van der Waals surface area contributed by atoms with Crippen LogP contribution in [0.25, 0.3) is 0 Å². The molecule has 18 heavy (non-hydrogen) atoms. The smallest absolute Gasteiger partial charge is 0.328 e. The quantitative estimate of drug-likeness (QED) is 0.506. The fourth-order valence-electron chi connectivity index (χ4n) is 2.11. The highest BCUT2D eigenvalue weighted by Gasteiger charge is 2.40. The zero-order valence-electron chi connectivity index (χ0n) is 9.51. The van der Waals surface area contributed by atoms with Crippen LogP contribution < -0.4 is 10.6 Å².